The van der Waals surface area contributed by atoms with Gasteiger partial charge in [0.2, 0.25) is 5.91 Å². The van der Waals surface area contributed by atoms with Crippen LogP contribution in [0.2, 0.25) is 0 Å². The first-order valence-corrected chi connectivity index (χ1v) is 8.11. The fraction of sp³-hybridized carbons (Fsp3) is 0.471. The van der Waals surface area contributed by atoms with Crippen LogP contribution in [0, 0.1) is 5.82 Å². The second kappa shape index (κ2) is 7.08. The summed E-state index contributed by atoms with van der Waals surface area (Å²) in [7, 11) is 0. The van der Waals surface area contributed by atoms with Crippen LogP contribution in [0.5, 0.6) is 0 Å². The third-order valence-corrected chi connectivity index (χ3v) is 4.33. The molecule has 1 aromatic carbocycles. The van der Waals surface area contributed by atoms with Gasteiger partial charge in [-0.3, -0.25) is 14.5 Å². The molecule has 8 heteroatoms. The highest BCUT2D eigenvalue weighted by atomic mass is 19.1. The lowest BCUT2D eigenvalue weighted by atomic mass is 9.91. The van der Waals surface area contributed by atoms with Crippen LogP contribution in [-0.4, -0.2) is 43.8 Å². The normalized spacial score (nSPS) is 23.2. The number of hydrogen-bond donors (Lipinski definition) is 1. The van der Waals surface area contributed by atoms with Gasteiger partial charge in [-0.05, 0) is 24.1 Å². The van der Waals surface area contributed by atoms with Gasteiger partial charge in [0.1, 0.15) is 11.9 Å². The highest BCUT2D eigenvalue weighted by Gasteiger charge is 2.33. The number of carbonyl (C=O) groups is 3. The third-order valence-electron chi connectivity index (χ3n) is 4.33. The van der Waals surface area contributed by atoms with E-state index in [1.807, 2.05) is 0 Å². The van der Waals surface area contributed by atoms with E-state index >= 15 is 0 Å². The molecule has 0 aromatic heterocycles. The summed E-state index contributed by atoms with van der Waals surface area (Å²) in [6.07, 6.45) is -0.330. The van der Waals surface area contributed by atoms with E-state index in [0.29, 0.717) is 17.7 Å². The number of ether oxygens (including phenoxy) is 2. The number of rotatable bonds is 4. The van der Waals surface area contributed by atoms with Crippen LogP contribution in [0.1, 0.15) is 31.2 Å². The van der Waals surface area contributed by atoms with Gasteiger partial charge in [0.15, 0.2) is 0 Å². The second-order valence-electron chi connectivity index (χ2n) is 6.17. The molecule has 2 aliphatic heterocycles. The smallest absolute Gasteiger partial charge is 0.414 e. The van der Waals surface area contributed by atoms with E-state index in [-0.39, 0.29) is 43.9 Å². The molecule has 0 spiro atoms. The fourth-order valence-corrected chi connectivity index (χ4v) is 3.05. The second-order valence-corrected chi connectivity index (χ2v) is 6.17. The molecule has 2 heterocycles. The number of carbonyl (C=O) groups excluding carboxylic acids is 3. The number of nitrogens with one attached hydrogen (secondary N) is 1. The van der Waals surface area contributed by atoms with Crippen molar-refractivity contribution in [2.75, 3.05) is 24.6 Å². The van der Waals surface area contributed by atoms with Crippen LogP contribution in [0.4, 0.5) is 14.9 Å². The lowest BCUT2D eigenvalue weighted by Gasteiger charge is -2.23. The summed E-state index contributed by atoms with van der Waals surface area (Å²) in [5.41, 5.74) is 0.831. The van der Waals surface area contributed by atoms with Gasteiger partial charge in [-0.15, -0.1) is 0 Å². The molecule has 2 aliphatic rings. The molecular formula is C17H19FN2O5. The van der Waals surface area contributed by atoms with Crippen LogP contribution < -0.4 is 10.2 Å². The summed E-state index contributed by atoms with van der Waals surface area (Å²) in [5, 5.41) is 2.59. The predicted octanol–water partition coefficient (Wildman–Crippen LogP) is 1.71. The number of nitrogens with zero attached hydrogens (tertiary/aromatic N) is 1. The van der Waals surface area contributed by atoms with E-state index in [1.165, 1.54) is 17.9 Å². The van der Waals surface area contributed by atoms with Crippen LogP contribution in [0.15, 0.2) is 18.2 Å². The zero-order valence-electron chi connectivity index (χ0n) is 13.8. The average Bonchev–Trinajstić information content (AvgIpc) is 2.94. The predicted molar refractivity (Wildman–Crippen MR) is 85.6 cm³/mol. The molecule has 1 unspecified atom stereocenters. The Morgan fingerprint density at radius 2 is 2.20 bits per heavy atom. The Kier molecular flexibility index (Phi) is 4.87. The van der Waals surface area contributed by atoms with Crippen molar-refractivity contribution < 1.29 is 28.2 Å². The highest BCUT2D eigenvalue weighted by Crippen LogP contribution is 2.32. The van der Waals surface area contributed by atoms with Gasteiger partial charge in [0, 0.05) is 12.8 Å². The molecule has 0 bridgehead atoms. The van der Waals surface area contributed by atoms with Crippen LogP contribution in [0.3, 0.4) is 0 Å². The molecule has 2 atom stereocenters. The molecular weight excluding hydrogens is 331 g/mol. The maximum atomic E-state index is 14.5. The van der Waals surface area contributed by atoms with Crippen molar-refractivity contribution >= 4 is 23.7 Å². The molecule has 134 valence electrons. The number of amides is 2. The molecule has 2 amide bonds. The van der Waals surface area contributed by atoms with Crippen molar-refractivity contribution in [2.45, 2.75) is 31.8 Å². The van der Waals surface area contributed by atoms with E-state index in [4.69, 9.17) is 9.47 Å². The number of cyclic esters (lactones) is 2. The summed E-state index contributed by atoms with van der Waals surface area (Å²) in [4.78, 5) is 35.6. The maximum absolute atomic E-state index is 14.5. The van der Waals surface area contributed by atoms with Crippen molar-refractivity contribution in [3.8, 4) is 0 Å². The third kappa shape index (κ3) is 3.89. The Balaban J connectivity index is 1.71. The van der Waals surface area contributed by atoms with Crippen molar-refractivity contribution in [3.05, 3.63) is 29.6 Å². The minimum absolute atomic E-state index is 0.154. The first-order valence-electron chi connectivity index (χ1n) is 8.11. The fourth-order valence-electron chi connectivity index (χ4n) is 3.05. The molecule has 1 N–H and O–H groups in total. The minimum Gasteiger partial charge on any atom is -0.466 e. The average molecular weight is 350 g/mol. The number of hydrogen-bond acceptors (Lipinski definition) is 5. The summed E-state index contributed by atoms with van der Waals surface area (Å²) in [6, 6.07) is 4.51. The molecule has 0 aliphatic carbocycles. The summed E-state index contributed by atoms with van der Waals surface area (Å²) < 4.78 is 24.6. The first kappa shape index (κ1) is 17.2. The molecule has 3 rings (SSSR count). The Morgan fingerprint density at radius 3 is 2.88 bits per heavy atom. The van der Waals surface area contributed by atoms with E-state index in [1.54, 1.807) is 12.1 Å². The maximum Gasteiger partial charge on any atom is 0.414 e. The summed E-state index contributed by atoms with van der Waals surface area (Å²) in [6.45, 7) is 2.10. The van der Waals surface area contributed by atoms with Crippen LogP contribution in [0.25, 0.3) is 0 Å². The molecule has 1 aromatic rings. The van der Waals surface area contributed by atoms with Gasteiger partial charge < -0.3 is 14.8 Å². The monoisotopic (exact) mass is 350 g/mol. The molecule has 25 heavy (non-hydrogen) atoms. The van der Waals surface area contributed by atoms with Gasteiger partial charge >= 0.3 is 12.1 Å². The van der Waals surface area contributed by atoms with Crippen LogP contribution >= 0.6 is 0 Å². The minimum atomic E-state index is -0.580. The van der Waals surface area contributed by atoms with Crippen molar-refractivity contribution in [3.63, 3.8) is 0 Å². The Labute approximate surface area is 144 Å². The van der Waals surface area contributed by atoms with Gasteiger partial charge in [-0.2, -0.15) is 0 Å². The van der Waals surface area contributed by atoms with Crippen molar-refractivity contribution in [1.82, 2.24) is 5.32 Å². The molecule has 7 nitrogen and oxygen atoms in total. The van der Waals surface area contributed by atoms with E-state index in [2.05, 4.69) is 5.32 Å². The Hall–Kier alpha value is -2.64. The van der Waals surface area contributed by atoms with Crippen molar-refractivity contribution in [1.29, 1.82) is 0 Å². The zero-order valence-corrected chi connectivity index (χ0v) is 13.8. The molecule has 2 saturated heterocycles. The largest absolute Gasteiger partial charge is 0.466 e. The SMILES string of the molecule is CC(=O)NC[C@H]1CN(c2ccc(C3CCOC(=O)C3)c(F)c2)C(=O)O1. The van der Waals surface area contributed by atoms with E-state index in [0.717, 1.165) is 0 Å². The lowest BCUT2D eigenvalue weighted by molar-refractivity contribution is -0.147. The Morgan fingerprint density at radius 1 is 1.40 bits per heavy atom. The van der Waals surface area contributed by atoms with Gasteiger partial charge in [-0.25, -0.2) is 9.18 Å². The highest BCUT2D eigenvalue weighted by molar-refractivity contribution is 5.89. The zero-order chi connectivity index (χ0) is 18.0. The topological polar surface area (TPSA) is 84.9 Å². The van der Waals surface area contributed by atoms with Crippen LogP contribution in [-0.2, 0) is 19.1 Å². The van der Waals surface area contributed by atoms with Gasteiger partial charge in [0.05, 0.1) is 31.8 Å². The Bertz CT molecular complexity index is 708. The number of esters is 1. The molecule has 2 fully saturated rings. The number of halogens is 1. The number of benzene rings is 1. The standard InChI is InChI=1S/C17H19FN2O5/c1-10(21)19-8-13-9-20(17(23)25-13)12-2-3-14(15(18)7-12)11-4-5-24-16(22)6-11/h2-3,7,11,13H,4-6,8-9H2,1H3,(H,19,21)/t11?,13-/m0/s1. The quantitative estimate of drug-likeness (QED) is 0.836. The lowest BCUT2D eigenvalue weighted by Crippen LogP contribution is -2.33. The van der Waals surface area contributed by atoms with Gasteiger partial charge in [0.25, 0.3) is 0 Å². The summed E-state index contributed by atoms with van der Waals surface area (Å²) in [5.74, 6) is -1.22. The molecule has 0 saturated carbocycles. The van der Waals surface area contributed by atoms with E-state index < -0.39 is 18.0 Å². The van der Waals surface area contributed by atoms with Crippen molar-refractivity contribution in [2.24, 2.45) is 0 Å². The summed E-state index contributed by atoms with van der Waals surface area (Å²) >= 11 is 0. The number of anilines is 1. The first-order chi connectivity index (χ1) is 11.9. The van der Waals surface area contributed by atoms with Gasteiger partial charge in [-0.1, -0.05) is 6.07 Å². The van der Waals surface area contributed by atoms with E-state index in [9.17, 15) is 18.8 Å². The molecule has 0 radical (unpaired) electrons.